The van der Waals surface area contributed by atoms with Crippen molar-refractivity contribution in [1.29, 1.82) is 0 Å². The zero-order valence-electron chi connectivity index (χ0n) is 11.5. The fourth-order valence-electron chi connectivity index (χ4n) is 6.01. The Hall–Kier alpha value is 0.440. The molecule has 2 unspecified atom stereocenters. The number of alkyl halides is 1. The van der Waals surface area contributed by atoms with Gasteiger partial charge in [-0.2, -0.15) is 0 Å². The molecule has 1 spiro atoms. The van der Waals surface area contributed by atoms with Crippen LogP contribution in [0.1, 0.15) is 53.4 Å². The van der Waals surface area contributed by atoms with Gasteiger partial charge < -0.3 is 5.11 Å². The highest BCUT2D eigenvalue weighted by molar-refractivity contribution is 9.09. The second-order valence-corrected chi connectivity index (χ2v) is 8.58. The smallest absolute Gasteiger partial charge is 0.0574 e. The highest BCUT2D eigenvalue weighted by Crippen LogP contribution is 2.81. The van der Waals surface area contributed by atoms with Crippen LogP contribution in [-0.2, 0) is 0 Å². The van der Waals surface area contributed by atoms with Crippen molar-refractivity contribution in [2.75, 3.05) is 0 Å². The average Bonchev–Trinajstić information content (AvgIpc) is 2.34. The van der Waals surface area contributed by atoms with Crippen molar-refractivity contribution in [2.45, 2.75) is 64.3 Å². The number of hydrogen-bond acceptors (Lipinski definition) is 1. The summed E-state index contributed by atoms with van der Waals surface area (Å²) in [6.07, 6.45) is 4.86. The molecule has 7 atom stereocenters. The number of hydrogen-bond donors (Lipinski definition) is 1. The lowest BCUT2D eigenvalue weighted by atomic mass is 9.36. The lowest BCUT2D eigenvalue weighted by molar-refractivity contribution is -0.220. The lowest BCUT2D eigenvalue weighted by Crippen LogP contribution is -2.64. The van der Waals surface area contributed by atoms with Crippen LogP contribution in [0, 0.1) is 28.1 Å². The summed E-state index contributed by atoms with van der Waals surface area (Å²) in [5.74, 6) is 1.11. The van der Waals surface area contributed by atoms with Crippen LogP contribution in [0.4, 0.5) is 0 Å². The van der Waals surface area contributed by atoms with Crippen LogP contribution >= 0.6 is 15.9 Å². The Morgan fingerprint density at radius 2 is 1.76 bits per heavy atom. The largest absolute Gasteiger partial charge is 0.393 e. The molecule has 3 fully saturated rings. The van der Waals surface area contributed by atoms with Gasteiger partial charge in [0.1, 0.15) is 0 Å². The highest BCUT2D eigenvalue weighted by atomic mass is 79.9. The van der Waals surface area contributed by atoms with Gasteiger partial charge in [0.25, 0.3) is 0 Å². The van der Waals surface area contributed by atoms with Gasteiger partial charge in [0, 0.05) is 4.83 Å². The predicted molar refractivity (Wildman–Crippen MR) is 74.2 cm³/mol. The first-order valence-corrected chi connectivity index (χ1v) is 8.03. The van der Waals surface area contributed by atoms with Crippen LogP contribution in [0.3, 0.4) is 0 Å². The fraction of sp³-hybridized carbons (Fsp3) is 1.00. The minimum atomic E-state index is -0.0875. The molecule has 1 nitrogen and oxygen atoms in total. The Morgan fingerprint density at radius 3 is 2.29 bits per heavy atom. The molecule has 0 radical (unpaired) electrons. The van der Waals surface area contributed by atoms with E-state index < -0.39 is 0 Å². The maximum Gasteiger partial charge on any atom is 0.0574 e. The first-order chi connectivity index (χ1) is 7.79. The summed E-state index contributed by atoms with van der Waals surface area (Å²) in [4.78, 5) is 0.643. The Bertz CT molecular complexity index is 357. The molecule has 0 aliphatic heterocycles. The van der Waals surface area contributed by atoms with Gasteiger partial charge in [0.05, 0.1) is 6.10 Å². The van der Waals surface area contributed by atoms with Crippen LogP contribution in [0.25, 0.3) is 0 Å². The minimum Gasteiger partial charge on any atom is -0.393 e. The predicted octanol–water partition coefficient (Wildman–Crippen LogP) is 3.98. The van der Waals surface area contributed by atoms with E-state index in [1.165, 1.54) is 19.3 Å². The monoisotopic (exact) mass is 300 g/mol. The molecular formula is C15H25BrO. The molecule has 3 rings (SSSR count). The summed E-state index contributed by atoms with van der Waals surface area (Å²) < 4.78 is 0. The molecule has 98 valence electrons. The third kappa shape index (κ3) is 1.08. The van der Waals surface area contributed by atoms with Crippen molar-refractivity contribution in [3.63, 3.8) is 0 Å². The normalized spacial score (nSPS) is 66.0. The molecule has 3 aliphatic carbocycles. The van der Waals surface area contributed by atoms with E-state index in [2.05, 4.69) is 43.6 Å². The summed E-state index contributed by atoms with van der Waals surface area (Å²) in [6, 6.07) is 0. The van der Waals surface area contributed by atoms with E-state index in [4.69, 9.17) is 0 Å². The first-order valence-electron chi connectivity index (χ1n) is 7.12. The summed E-state index contributed by atoms with van der Waals surface area (Å²) >= 11 is 3.96. The van der Waals surface area contributed by atoms with Gasteiger partial charge in [-0.05, 0) is 53.8 Å². The summed E-state index contributed by atoms with van der Waals surface area (Å²) in [5, 5.41) is 10.4. The van der Waals surface area contributed by atoms with Crippen molar-refractivity contribution in [2.24, 2.45) is 28.1 Å². The van der Waals surface area contributed by atoms with Crippen molar-refractivity contribution >= 4 is 15.9 Å². The standard InChI is InChI=1S/C15H25BrO/c1-9-7-11(17)10(2)15-6-5-13(15,3)12(16)8-14(9,15)4/h9-12,17H,5-8H2,1-4H3/t9-,10?,11?,12-,13-,14+,15+/m0/s1. The van der Waals surface area contributed by atoms with Crippen molar-refractivity contribution in [3.05, 3.63) is 0 Å². The quantitative estimate of drug-likeness (QED) is 0.671. The van der Waals surface area contributed by atoms with Crippen LogP contribution in [0.5, 0.6) is 0 Å². The van der Waals surface area contributed by atoms with Gasteiger partial charge in [-0.25, -0.2) is 0 Å². The molecule has 0 saturated heterocycles. The summed E-state index contributed by atoms with van der Waals surface area (Å²) in [5.41, 5.74) is 1.22. The van der Waals surface area contributed by atoms with Crippen molar-refractivity contribution in [1.82, 2.24) is 0 Å². The molecular weight excluding hydrogens is 276 g/mol. The number of aliphatic hydroxyl groups is 1. The Labute approximate surface area is 113 Å². The molecule has 3 aliphatic rings. The summed E-state index contributed by atoms with van der Waals surface area (Å²) in [6.45, 7) is 9.62. The maximum atomic E-state index is 10.4. The third-order valence-electron chi connectivity index (χ3n) is 7.41. The van der Waals surface area contributed by atoms with E-state index in [-0.39, 0.29) is 6.10 Å². The van der Waals surface area contributed by atoms with Crippen LogP contribution < -0.4 is 0 Å². The Morgan fingerprint density at radius 1 is 1.12 bits per heavy atom. The summed E-state index contributed by atoms with van der Waals surface area (Å²) in [7, 11) is 0. The zero-order chi connectivity index (χ0) is 12.6. The molecule has 0 aromatic heterocycles. The molecule has 0 aromatic carbocycles. The number of halogens is 1. The van der Waals surface area contributed by atoms with Gasteiger partial charge in [0.15, 0.2) is 0 Å². The Balaban J connectivity index is 2.14. The van der Waals surface area contributed by atoms with Crippen LogP contribution in [0.2, 0.25) is 0 Å². The first kappa shape index (κ1) is 12.5. The van der Waals surface area contributed by atoms with E-state index in [1.54, 1.807) is 0 Å². The van der Waals surface area contributed by atoms with E-state index in [1.807, 2.05) is 0 Å². The van der Waals surface area contributed by atoms with Crippen LogP contribution in [0.15, 0.2) is 0 Å². The van der Waals surface area contributed by atoms with Crippen molar-refractivity contribution < 1.29 is 5.11 Å². The van der Waals surface area contributed by atoms with E-state index in [9.17, 15) is 5.11 Å². The molecule has 0 heterocycles. The zero-order valence-corrected chi connectivity index (χ0v) is 13.0. The van der Waals surface area contributed by atoms with Gasteiger partial charge in [-0.3, -0.25) is 0 Å². The fourth-order valence-corrected chi connectivity index (χ4v) is 7.32. The molecule has 17 heavy (non-hydrogen) atoms. The van der Waals surface area contributed by atoms with E-state index >= 15 is 0 Å². The molecule has 0 bridgehead atoms. The van der Waals surface area contributed by atoms with E-state index in [0.29, 0.717) is 32.9 Å². The van der Waals surface area contributed by atoms with E-state index in [0.717, 1.165) is 6.42 Å². The average molecular weight is 301 g/mol. The molecule has 2 heteroatoms. The van der Waals surface area contributed by atoms with Gasteiger partial charge in [0.2, 0.25) is 0 Å². The molecule has 0 amide bonds. The topological polar surface area (TPSA) is 20.2 Å². The van der Waals surface area contributed by atoms with Gasteiger partial charge in [-0.15, -0.1) is 0 Å². The lowest BCUT2D eigenvalue weighted by Gasteiger charge is -2.68. The highest BCUT2D eigenvalue weighted by Gasteiger charge is 2.76. The molecule has 3 saturated carbocycles. The SMILES string of the molecule is CC1C(O)C[C@H](C)[C@@]2(C)C[C@H](Br)[C@]3(C)CC[C@@]132. The minimum absolute atomic E-state index is 0.0875. The molecule has 0 aromatic rings. The second kappa shape index (κ2) is 3.30. The Kier molecular flexibility index (Phi) is 2.42. The van der Waals surface area contributed by atoms with Crippen LogP contribution in [-0.4, -0.2) is 16.0 Å². The van der Waals surface area contributed by atoms with Gasteiger partial charge >= 0.3 is 0 Å². The third-order valence-corrected chi connectivity index (χ3v) is 8.74. The van der Waals surface area contributed by atoms with Crippen molar-refractivity contribution in [3.8, 4) is 0 Å². The number of rotatable bonds is 0. The number of aliphatic hydroxyl groups excluding tert-OH is 1. The molecule has 1 N–H and O–H groups in total. The second-order valence-electron chi connectivity index (χ2n) is 7.47. The van der Waals surface area contributed by atoms with Gasteiger partial charge in [-0.1, -0.05) is 43.6 Å². The maximum absolute atomic E-state index is 10.4.